The number of H-pyrrole nitrogens is 1. The Bertz CT molecular complexity index is 679. The van der Waals surface area contributed by atoms with E-state index in [1.807, 2.05) is 11.9 Å². The summed E-state index contributed by atoms with van der Waals surface area (Å²) in [5.41, 5.74) is 3.19. The van der Waals surface area contributed by atoms with Crippen molar-refractivity contribution in [2.24, 2.45) is 0 Å². The van der Waals surface area contributed by atoms with Gasteiger partial charge in [0, 0.05) is 24.7 Å². The van der Waals surface area contributed by atoms with Crippen molar-refractivity contribution >= 4 is 5.91 Å². The summed E-state index contributed by atoms with van der Waals surface area (Å²) in [5, 5.41) is 10.3. The molecule has 2 aromatic rings. The number of carbonyl (C=O) groups excluding carboxylic acids is 1. The van der Waals surface area contributed by atoms with Crippen LogP contribution in [0.1, 0.15) is 35.7 Å². The van der Waals surface area contributed by atoms with Crippen LogP contribution in [-0.2, 0) is 17.8 Å². The number of nitrogens with zero attached hydrogens (tertiary/aromatic N) is 2. The first-order valence-corrected chi connectivity index (χ1v) is 8.34. The third kappa shape index (κ3) is 4.89. The van der Waals surface area contributed by atoms with E-state index in [1.54, 1.807) is 12.1 Å². The summed E-state index contributed by atoms with van der Waals surface area (Å²) in [4.78, 5) is 13.9. The van der Waals surface area contributed by atoms with Gasteiger partial charge in [-0.15, -0.1) is 0 Å². The van der Waals surface area contributed by atoms with E-state index in [2.05, 4.69) is 21.6 Å². The Morgan fingerprint density at radius 1 is 1.38 bits per heavy atom. The van der Waals surface area contributed by atoms with Gasteiger partial charge in [-0.1, -0.05) is 12.1 Å². The number of aromatic nitrogens is 2. The zero-order chi connectivity index (χ0) is 16.9. The molecule has 1 aromatic carbocycles. The molecule has 2 N–H and O–H groups in total. The molecule has 1 aromatic heterocycles. The smallest absolute Gasteiger partial charge is 0.234 e. The summed E-state index contributed by atoms with van der Waals surface area (Å²) in [5.74, 6) is 0.379. The van der Waals surface area contributed by atoms with Crippen molar-refractivity contribution in [2.75, 3.05) is 20.1 Å². The first-order valence-electron chi connectivity index (χ1n) is 8.34. The van der Waals surface area contributed by atoms with E-state index in [4.69, 9.17) is 0 Å². The van der Waals surface area contributed by atoms with Gasteiger partial charge in [-0.3, -0.25) is 14.8 Å². The SMILES string of the molecule is CN(CC(=O)NCCc1ccc(F)cc1)Cc1cc(C2CC2)n[nH]1. The van der Waals surface area contributed by atoms with Gasteiger partial charge >= 0.3 is 0 Å². The maximum absolute atomic E-state index is 12.8. The van der Waals surface area contributed by atoms with Crippen LogP contribution in [0.3, 0.4) is 0 Å². The van der Waals surface area contributed by atoms with Crippen molar-refractivity contribution in [1.82, 2.24) is 20.4 Å². The lowest BCUT2D eigenvalue weighted by atomic mass is 10.1. The quantitative estimate of drug-likeness (QED) is 0.780. The number of likely N-dealkylation sites (N-methyl/N-ethyl adjacent to an activating group) is 1. The number of rotatable bonds is 8. The largest absolute Gasteiger partial charge is 0.355 e. The number of nitrogens with one attached hydrogen (secondary N) is 2. The molecule has 6 heteroatoms. The van der Waals surface area contributed by atoms with Gasteiger partial charge in [-0.05, 0) is 50.1 Å². The normalized spacial score (nSPS) is 14.1. The predicted molar refractivity (Wildman–Crippen MR) is 90.0 cm³/mol. The summed E-state index contributed by atoms with van der Waals surface area (Å²) < 4.78 is 12.8. The van der Waals surface area contributed by atoms with Gasteiger partial charge in [-0.25, -0.2) is 4.39 Å². The maximum Gasteiger partial charge on any atom is 0.234 e. The molecule has 0 saturated heterocycles. The van der Waals surface area contributed by atoms with E-state index in [0.717, 1.165) is 17.0 Å². The molecular formula is C18H23FN4O. The molecule has 0 atom stereocenters. The van der Waals surface area contributed by atoms with Crippen molar-refractivity contribution < 1.29 is 9.18 Å². The molecule has 0 aliphatic heterocycles. The van der Waals surface area contributed by atoms with E-state index >= 15 is 0 Å². The number of aromatic amines is 1. The highest BCUT2D eigenvalue weighted by atomic mass is 19.1. The fourth-order valence-corrected chi connectivity index (χ4v) is 2.69. The van der Waals surface area contributed by atoms with Gasteiger partial charge in [0.15, 0.2) is 0 Å². The van der Waals surface area contributed by atoms with Crippen LogP contribution in [0.4, 0.5) is 4.39 Å². The minimum Gasteiger partial charge on any atom is -0.355 e. The zero-order valence-electron chi connectivity index (χ0n) is 13.9. The van der Waals surface area contributed by atoms with Crippen molar-refractivity contribution in [1.29, 1.82) is 0 Å². The fraction of sp³-hybridized carbons (Fsp3) is 0.444. The Morgan fingerprint density at radius 3 is 2.83 bits per heavy atom. The standard InChI is InChI=1S/C18H23FN4O/c1-23(11-16-10-17(22-21-16)14-4-5-14)12-18(24)20-9-8-13-2-6-15(19)7-3-13/h2-3,6-7,10,14H,4-5,8-9,11-12H2,1H3,(H,20,24)(H,21,22). The summed E-state index contributed by atoms with van der Waals surface area (Å²) in [6, 6.07) is 8.45. The van der Waals surface area contributed by atoms with Gasteiger partial charge in [0.05, 0.1) is 12.2 Å². The Morgan fingerprint density at radius 2 is 2.12 bits per heavy atom. The molecule has 5 nitrogen and oxygen atoms in total. The monoisotopic (exact) mass is 330 g/mol. The maximum atomic E-state index is 12.8. The van der Waals surface area contributed by atoms with Crippen molar-refractivity contribution in [2.45, 2.75) is 31.7 Å². The number of hydrogen-bond donors (Lipinski definition) is 2. The zero-order valence-corrected chi connectivity index (χ0v) is 13.9. The molecule has 1 amide bonds. The topological polar surface area (TPSA) is 61.0 Å². The van der Waals surface area contributed by atoms with Gasteiger partial charge in [0.25, 0.3) is 0 Å². The van der Waals surface area contributed by atoms with E-state index < -0.39 is 0 Å². The van der Waals surface area contributed by atoms with Crippen LogP contribution < -0.4 is 5.32 Å². The number of benzene rings is 1. The third-order valence-electron chi connectivity index (χ3n) is 4.15. The highest BCUT2D eigenvalue weighted by Crippen LogP contribution is 2.39. The van der Waals surface area contributed by atoms with Crippen LogP contribution in [0.15, 0.2) is 30.3 Å². The Kier molecular flexibility index (Phi) is 5.25. The molecule has 0 spiro atoms. The minimum atomic E-state index is -0.243. The van der Waals surface area contributed by atoms with Crippen LogP contribution in [0.25, 0.3) is 0 Å². The molecule has 3 rings (SSSR count). The van der Waals surface area contributed by atoms with Crippen LogP contribution in [0.2, 0.25) is 0 Å². The molecule has 0 unspecified atom stereocenters. The van der Waals surface area contributed by atoms with Crippen molar-refractivity contribution in [3.8, 4) is 0 Å². The summed E-state index contributed by atoms with van der Waals surface area (Å²) in [7, 11) is 1.91. The van der Waals surface area contributed by atoms with Gasteiger partial charge in [0.1, 0.15) is 5.82 Å². The molecule has 1 aliphatic carbocycles. The average Bonchev–Trinajstić information content (AvgIpc) is 3.29. The lowest BCUT2D eigenvalue weighted by Gasteiger charge is -2.15. The van der Waals surface area contributed by atoms with Crippen molar-refractivity contribution in [3.63, 3.8) is 0 Å². The van der Waals surface area contributed by atoms with Crippen LogP contribution in [0, 0.1) is 5.82 Å². The highest BCUT2D eigenvalue weighted by molar-refractivity contribution is 5.77. The molecule has 1 saturated carbocycles. The number of amides is 1. The first kappa shape index (κ1) is 16.6. The summed E-state index contributed by atoms with van der Waals surface area (Å²) >= 11 is 0. The predicted octanol–water partition coefficient (Wildman–Crippen LogP) is 2.22. The van der Waals surface area contributed by atoms with Crippen molar-refractivity contribution in [3.05, 3.63) is 53.1 Å². The second-order valence-corrected chi connectivity index (χ2v) is 6.49. The summed E-state index contributed by atoms with van der Waals surface area (Å²) in [6.07, 6.45) is 3.16. The first-order chi connectivity index (χ1) is 11.6. The third-order valence-corrected chi connectivity index (χ3v) is 4.15. The molecule has 1 aliphatic rings. The Balaban J connectivity index is 1.36. The number of carbonyl (C=O) groups is 1. The second kappa shape index (κ2) is 7.57. The molecule has 1 fully saturated rings. The van der Waals surface area contributed by atoms with E-state index in [1.165, 1.54) is 25.0 Å². The van der Waals surface area contributed by atoms with Crippen LogP contribution in [-0.4, -0.2) is 41.1 Å². The Hall–Kier alpha value is -2.21. The molecule has 24 heavy (non-hydrogen) atoms. The van der Waals surface area contributed by atoms with E-state index in [-0.39, 0.29) is 11.7 Å². The molecule has 0 bridgehead atoms. The number of hydrogen-bond acceptors (Lipinski definition) is 3. The lowest BCUT2D eigenvalue weighted by molar-refractivity contribution is -0.122. The van der Waals surface area contributed by atoms with E-state index in [0.29, 0.717) is 32.0 Å². The van der Waals surface area contributed by atoms with Gasteiger partial charge < -0.3 is 5.32 Å². The van der Waals surface area contributed by atoms with Gasteiger partial charge in [0.2, 0.25) is 5.91 Å². The van der Waals surface area contributed by atoms with Crippen LogP contribution >= 0.6 is 0 Å². The summed E-state index contributed by atoms with van der Waals surface area (Å²) in [6.45, 7) is 1.56. The number of halogens is 1. The molecule has 1 heterocycles. The van der Waals surface area contributed by atoms with Crippen LogP contribution in [0.5, 0.6) is 0 Å². The molecule has 0 radical (unpaired) electrons. The minimum absolute atomic E-state index is 0.0125. The fourth-order valence-electron chi connectivity index (χ4n) is 2.69. The molecular weight excluding hydrogens is 307 g/mol. The highest BCUT2D eigenvalue weighted by Gasteiger charge is 2.26. The Labute approximate surface area is 141 Å². The molecule has 128 valence electrons. The van der Waals surface area contributed by atoms with Gasteiger partial charge in [-0.2, -0.15) is 5.10 Å². The second-order valence-electron chi connectivity index (χ2n) is 6.49. The lowest BCUT2D eigenvalue weighted by Crippen LogP contribution is -2.35. The average molecular weight is 330 g/mol. The van der Waals surface area contributed by atoms with E-state index in [9.17, 15) is 9.18 Å².